The number of nitrogens with zero attached hydrogens (tertiary/aromatic N) is 2. The summed E-state index contributed by atoms with van der Waals surface area (Å²) in [5.41, 5.74) is 8.26. The molecule has 0 atom stereocenters. The van der Waals surface area contributed by atoms with E-state index in [4.69, 9.17) is 12.2 Å². The van der Waals surface area contributed by atoms with Gasteiger partial charge in [-0.1, -0.05) is 31.5 Å². The van der Waals surface area contributed by atoms with Crippen LogP contribution in [0.2, 0.25) is 0 Å². The van der Waals surface area contributed by atoms with Crippen LogP contribution in [0.15, 0.2) is 41.3 Å². The summed E-state index contributed by atoms with van der Waals surface area (Å²) >= 11 is 5.28. The second-order valence-corrected chi connectivity index (χ2v) is 8.86. The zero-order valence-electron chi connectivity index (χ0n) is 17.2. The second-order valence-electron chi connectivity index (χ2n) is 6.55. The number of benzene rings is 2. The summed E-state index contributed by atoms with van der Waals surface area (Å²) < 4.78 is 27.2. The van der Waals surface area contributed by atoms with Crippen molar-refractivity contribution < 1.29 is 13.3 Å². The van der Waals surface area contributed by atoms with E-state index in [1.807, 2.05) is 32.0 Å². The Balaban J connectivity index is 2.28. The molecule has 0 saturated heterocycles. The van der Waals surface area contributed by atoms with Crippen molar-refractivity contribution in [2.75, 3.05) is 23.8 Å². The number of anilines is 2. The quantitative estimate of drug-likeness (QED) is 0.317. The third kappa shape index (κ3) is 5.43. The van der Waals surface area contributed by atoms with Crippen LogP contribution in [0.25, 0.3) is 0 Å². The van der Waals surface area contributed by atoms with Crippen molar-refractivity contribution in [3.8, 4) is 0 Å². The van der Waals surface area contributed by atoms with Gasteiger partial charge < -0.3 is 5.32 Å². The van der Waals surface area contributed by atoms with Crippen molar-refractivity contribution >= 4 is 44.4 Å². The van der Waals surface area contributed by atoms with E-state index in [0.717, 1.165) is 22.9 Å². The lowest BCUT2D eigenvalue weighted by Gasteiger charge is -2.21. The molecule has 0 heterocycles. The van der Waals surface area contributed by atoms with E-state index in [2.05, 4.69) is 16.2 Å². The van der Waals surface area contributed by atoms with E-state index in [0.29, 0.717) is 0 Å². The van der Waals surface area contributed by atoms with Gasteiger partial charge in [0.05, 0.1) is 10.6 Å². The summed E-state index contributed by atoms with van der Waals surface area (Å²) in [7, 11) is -3.94. The largest absolute Gasteiger partial charge is 0.331 e. The van der Waals surface area contributed by atoms with Crippen molar-refractivity contribution in [3.05, 3.63) is 57.6 Å². The number of nitro benzene ring substituents is 1. The topological polar surface area (TPSA) is 117 Å². The lowest BCUT2D eigenvalue weighted by molar-refractivity contribution is -0.385. The number of nitrogens with one attached hydrogen (secondary N) is 3. The van der Waals surface area contributed by atoms with Gasteiger partial charge in [0.15, 0.2) is 5.11 Å². The molecular formula is C19H25N5O4S2. The van der Waals surface area contributed by atoms with Gasteiger partial charge >= 0.3 is 0 Å². The maximum atomic E-state index is 13.0. The molecule has 3 N–H and O–H groups in total. The van der Waals surface area contributed by atoms with Crippen LogP contribution in [0.5, 0.6) is 0 Å². The number of hydrogen-bond acceptors (Lipinski definition) is 6. The molecule has 0 amide bonds. The molecule has 162 valence electrons. The Labute approximate surface area is 181 Å². The molecule has 11 heteroatoms. The van der Waals surface area contributed by atoms with Crippen LogP contribution in [-0.2, 0) is 10.0 Å². The minimum absolute atomic E-state index is 0.150. The smallest absolute Gasteiger partial charge is 0.270 e. The Morgan fingerprint density at radius 1 is 1.10 bits per heavy atom. The average Bonchev–Trinajstić information content (AvgIpc) is 2.69. The van der Waals surface area contributed by atoms with Gasteiger partial charge in [-0.3, -0.25) is 21.0 Å². The molecule has 0 aromatic heterocycles. The SMILES string of the molecule is CCN(CC)S(=O)(=O)c1cc([N+](=O)[O-])ccc1NNC(=S)Nc1ccc(C)cc1C. The van der Waals surface area contributed by atoms with Crippen LogP contribution < -0.4 is 16.2 Å². The highest BCUT2D eigenvalue weighted by molar-refractivity contribution is 7.89. The van der Waals surface area contributed by atoms with Crippen molar-refractivity contribution in [2.45, 2.75) is 32.6 Å². The van der Waals surface area contributed by atoms with Crippen LogP contribution in [0.1, 0.15) is 25.0 Å². The third-order valence-corrected chi connectivity index (χ3v) is 6.73. The molecule has 0 spiro atoms. The van der Waals surface area contributed by atoms with Crippen molar-refractivity contribution in [2.24, 2.45) is 0 Å². The van der Waals surface area contributed by atoms with Gasteiger partial charge in [0.25, 0.3) is 5.69 Å². The lowest BCUT2D eigenvalue weighted by Crippen LogP contribution is -2.35. The molecule has 0 aliphatic carbocycles. The first-order valence-corrected chi connectivity index (χ1v) is 11.1. The standard InChI is InChI=1S/C19H25N5O4S2/c1-5-23(6-2)30(27,28)18-12-15(24(25)26)8-10-17(18)21-22-19(29)20-16-9-7-13(3)11-14(16)4/h7-12,21H,5-6H2,1-4H3,(H2,20,22,29). The molecule has 30 heavy (non-hydrogen) atoms. The normalized spacial score (nSPS) is 11.2. The summed E-state index contributed by atoms with van der Waals surface area (Å²) in [6.45, 7) is 7.80. The number of non-ortho nitro benzene ring substituents is 1. The van der Waals surface area contributed by atoms with Gasteiger partial charge in [-0.2, -0.15) is 4.31 Å². The summed E-state index contributed by atoms with van der Waals surface area (Å²) in [5.74, 6) is 0. The highest BCUT2D eigenvalue weighted by atomic mass is 32.2. The van der Waals surface area contributed by atoms with Crippen molar-refractivity contribution in [1.82, 2.24) is 9.73 Å². The zero-order chi connectivity index (χ0) is 22.5. The van der Waals surface area contributed by atoms with E-state index < -0.39 is 14.9 Å². The minimum atomic E-state index is -3.94. The van der Waals surface area contributed by atoms with Crippen molar-refractivity contribution in [1.29, 1.82) is 0 Å². The molecule has 0 saturated carbocycles. The van der Waals surface area contributed by atoms with Crippen molar-refractivity contribution in [3.63, 3.8) is 0 Å². The molecule has 0 unspecified atom stereocenters. The van der Waals surface area contributed by atoms with Gasteiger partial charge in [0.1, 0.15) is 4.90 Å². The second kappa shape index (κ2) is 9.83. The van der Waals surface area contributed by atoms with Gasteiger partial charge in [0, 0.05) is 30.9 Å². The lowest BCUT2D eigenvalue weighted by atomic mass is 10.1. The number of hydrazine groups is 1. The summed E-state index contributed by atoms with van der Waals surface area (Å²) in [6, 6.07) is 9.44. The first-order chi connectivity index (χ1) is 14.1. The molecule has 2 aromatic rings. The molecular weight excluding hydrogens is 426 g/mol. The van der Waals surface area contributed by atoms with Gasteiger partial charge in [0.2, 0.25) is 10.0 Å². The summed E-state index contributed by atoms with van der Waals surface area (Å²) in [5, 5.41) is 14.4. The molecule has 0 radical (unpaired) electrons. The van der Waals surface area contributed by atoms with Gasteiger partial charge in [-0.25, -0.2) is 8.42 Å². The van der Waals surface area contributed by atoms with E-state index in [9.17, 15) is 18.5 Å². The van der Waals surface area contributed by atoms with Crippen LogP contribution in [0, 0.1) is 24.0 Å². The van der Waals surface area contributed by atoms with Gasteiger partial charge in [-0.05, 0) is 43.8 Å². The van der Waals surface area contributed by atoms with Crippen LogP contribution in [-0.4, -0.2) is 35.8 Å². The predicted octanol–water partition coefficient (Wildman–Crippen LogP) is 3.56. The van der Waals surface area contributed by atoms with Crippen LogP contribution in [0.3, 0.4) is 0 Å². The number of aryl methyl sites for hydroxylation is 2. The Bertz CT molecular complexity index is 1050. The van der Waals surface area contributed by atoms with Crippen LogP contribution >= 0.6 is 12.2 Å². The fourth-order valence-corrected chi connectivity index (χ4v) is 4.66. The number of rotatable bonds is 8. The first-order valence-electron chi connectivity index (χ1n) is 9.29. The molecule has 0 aliphatic heterocycles. The molecule has 0 fully saturated rings. The Kier molecular flexibility index (Phi) is 7.71. The monoisotopic (exact) mass is 451 g/mol. The predicted molar refractivity (Wildman–Crippen MR) is 122 cm³/mol. The van der Waals surface area contributed by atoms with E-state index >= 15 is 0 Å². The Morgan fingerprint density at radius 3 is 2.30 bits per heavy atom. The number of nitro groups is 1. The summed E-state index contributed by atoms with van der Waals surface area (Å²) in [6.07, 6.45) is 0. The fraction of sp³-hybridized carbons (Fsp3) is 0.316. The third-order valence-electron chi connectivity index (χ3n) is 4.44. The highest BCUT2D eigenvalue weighted by Gasteiger charge is 2.27. The number of sulfonamides is 1. The number of hydrogen-bond donors (Lipinski definition) is 3. The maximum Gasteiger partial charge on any atom is 0.270 e. The number of thiocarbonyl (C=S) groups is 1. The Hall–Kier alpha value is -2.76. The van der Waals surface area contributed by atoms with E-state index in [1.54, 1.807) is 13.8 Å². The highest BCUT2D eigenvalue weighted by Crippen LogP contribution is 2.28. The van der Waals surface area contributed by atoms with Crippen LogP contribution in [0.4, 0.5) is 17.1 Å². The molecule has 0 aliphatic rings. The zero-order valence-corrected chi connectivity index (χ0v) is 18.9. The van der Waals surface area contributed by atoms with E-state index in [1.165, 1.54) is 16.4 Å². The maximum absolute atomic E-state index is 13.0. The molecule has 9 nitrogen and oxygen atoms in total. The fourth-order valence-electron chi connectivity index (χ4n) is 2.88. The van der Waals surface area contributed by atoms with Gasteiger partial charge in [-0.15, -0.1) is 0 Å². The first kappa shape index (κ1) is 23.5. The van der Waals surface area contributed by atoms with E-state index in [-0.39, 0.29) is 34.5 Å². The minimum Gasteiger partial charge on any atom is -0.331 e. The summed E-state index contributed by atoms with van der Waals surface area (Å²) in [4.78, 5) is 10.3. The Morgan fingerprint density at radius 2 is 1.73 bits per heavy atom. The average molecular weight is 452 g/mol. The molecule has 2 aromatic carbocycles. The molecule has 2 rings (SSSR count). The molecule has 0 bridgehead atoms.